The Morgan fingerprint density at radius 2 is 2.19 bits per heavy atom. The van der Waals surface area contributed by atoms with Crippen molar-refractivity contribution in [3.63, 3.8) is 0 Å². The summed E-state index contributed by atoms with van der Waals surface area (Å²) < 4.78 is 0. The summed E-state index contributed by atoms with van der Waals surface area (Å²) in [6.45, 7) is 3.09. The van der Waals surface area contributed by atoms with Crippen LogP contribution < -0.4 is 10.8 Å². The van der Waals surface area contributed by atoms with Crippen molar-refractivity contribution >= 4 is 30.0 Å². The molecule has 0 unspecified atom stereocenters. The fraction of sp³-hybridized carbons (Fsp3) is 0.333. The summed E-state index contributed by atoms with van der Waals surface area (Å²) in [5, 5.41) is 4.29. The molecule has 0 atom stereocenters. The van der Waals surface area contributed by atoms with Crippen molar-refractivity contribution in [2.45, 2.75) is 19.8 Å². The number of unbranched alkanes of at least 4 members (excludes halogenated alkanes) is 1. The Bertz CT molecular complexity index is 485. The van der Waals surface area contributed by atoms with Crippen LogP contribution >= 0.6 is 0 Å². The number of nitrogens with zero attached hydrogens (tertiary/aromatic N) is 2. The quantitative estimate of drug-likeness (QED) is 0.617. The molecule has 0 bridgehead atoms. The predicted octanol–water partition coefficient (Wildman–Crippen LogP) is 1.64. The van der Waals surface area contributed by atoms with Crippen molar-refractivity contribution in [1.29, 1.82) is 0 Å². The third kappa shape index (κ3) is 2.32. The summed E-state index contributed by atoms with van der Waals surface area (Å²) in [5.41, 5.74) is 1.66. The fourth-order valence-corrected chi connectivity index (χ4v) is 1.60. The molecule has 0 saturated heterocycles. The van der Waals surface area contributed by atoms with Gasteiger partial charge in [-0.3, -0.25) is 0 Å². The maximum Gasteiger partial charge on any atom is 0.137 e. The molecule has 0 aliphatic rings. The Hall–Kier alpha value is -1.58. The van der Waals surface area contributed by atoms with E-state index in [4.69, 9.17) is 7.85 Å². The molecule has 2 radical (unpaired) electrons. The van der Waals surface area contributed by atoms with Crippen LogP contribution in [0.25, 0.3) is 10.9 Å². The Morgan fingerprint density at radius 3 is 3.00 bits per heavy atom. The lowest BCUT2D eigenvalue weighted by Crippen LogP contribution is -2.06. The first-order chi connectivity index (χ1) is 7.81. The molecule has 80 valence electrons. The minimum absolute atomic E-state index is 0.737. The second kappa shape index (κ2) is 4.97. The zero-order chi connectivity index (χ0) is 11.4. The number of fused-ring (bicyclic) bond motifs is 1. The van der Waals surface area contributed by atoms with Gasteiger partial charge in [0.1, 0.15) is 20.0 Å². The third-order valence-corrected chi connectivity index (χ3v) is 2.48. The highest BCUT2D eigenvalue weighted by Crippen LogP contribution is 2.17. The van der Waals surface area contributed by atoms with Gasteiger partial charge < -0.3 is 5.32 Å². The molecular formula is C12H14BN3. The number of aromatic nitrogens is 2. The van der Waals surface area contributed by atoms with Crippen LogP contribution in [0.2, 0.25) is 0 Å². The SMILES string of the molecule is [B]c1ccc2ncnc(NCCCC)c2c1. The van der Waals surface area contributed by atoms with Crippen molar-refractivity contribution in [2.24, 2.45) is 0 Å². The van der Waals surface area contributed by atoms with Gasteiger partial charge in [0.15, 0.2) is 0 Å². The zero-order valence-electron chi connectivity index (χ0n) is 9.40. The smallest absolute Gasteiger partial charge is 0.137 e. The van der Waals surface area contributed by atoms with Gasteiger partial charge in [-0.15, -0.1) is 0 Å². The number of hydrogen-bond donors (Lipinski definition) is 1. The topological polar surface area (TPSA) is 37.8 Å². The van der Waals surface area contributed by atoms with Gasteiger partial charge in [0, 0.05) is 11.9 Å². The van der Waals surface area contributed by atoms with Gasteiger partial charge in [0.2, 0.25) is 0 Å². The molecule has 0 fully saturated rings. The van der Waals surface area contributed by atoms with Crippen LogP contribution in [0.15, 0.2) is 24.5 Å². The average molecular weight is 211 g/mol. The Labute approximate surface area is 96.7 Å². The summed E-state index contributed by atoms with van der Waals surface area (Å²) in [6, 6.07) is 5.67. The molecule has 2 aromatic rings. The van der Waals surface area contributed by atoms with Crippen molar-refractivity contribution in [3.8, 4) is 0 Å². The van der Waals surface area contributed by atoms with Gasteiger partial charge in [-0.1, -0.05) is 30.9 Å². The number of rotatable bonds is 4. The second-order valence-electron chi connectivity index (χ2n) is 3.78. The number of anilines is 1. The molecule has 0 spiro atoms. The van der Waals surface area contributed by atoms with E-state index in [1.54, 1.807) is 6.33 Å². The highest BCUT2D eigenvalue weighted by molar-refractivity contribution is 6.33. The van der Waals surface area contributed by atoms with Gasteiger partial charge in [-0.05, 0) is 12.5 Å². The minimum Gasteiger partial charge on any atom is -0.369 e. The molecule has 1 heterocycles. The van der Waals surface area contributed by atoms with E-state index in [1.807, 2.05) is 18.2 Å². The molecule has 0 saturated carbocycles. The first-order valence-electron chi connectivity index (χ1n) is 5.55. The van der Waals surface area contributed by atoms with Crippen LogP contribution in [0.3, 0.4) is 0 Å². The summed E-state index contributed by atoms with van der Waals surface area (Å²) >= 11 is 0. The summed E-state index contributed by atoms with van der Waals surface area (Å²) in [6.07, 6.45) is 3.87. The Balaban J connectivity index is 2.32. The van der Waals surface area contributed by atoms with E-state index in [-0.39, 0.29) is 0 Å². The monoisotopic (exact) mass is 211 g/mol. The van der Waals surface area contributed by atoms with Gasteiger partial charge in [-0.25, -0.2) is 9.97 Å². The van der Waals surface area contributed by atoms with Gasteiger partial charge in [0.05, 0.1) is 5.52 Å². The van der Waals surface area contributed by atoms with Crippen LogP contribution in [0.5, 0.6) is 0 Å². The lowest BCUT2D eigenvalue weighted by molar-refractivity contribution is 0.831. The standard InChI is InChI=1S/C12H14BN3/c1-2-3-6-14-12-10-7-9(13)4-5-11(10)15-8-16-12/h4-5,7-8H,2-3,6H2,1H3,(H,14,15,16). The third-order valence-electron chi connectivity index (χ3n) is 2.48. The molecule has 16 heavy (non-hydrogen) atoms. The Morgan fingerprint density at radius 1 is 1.31 bits per heavy atom. The lowest BCUT2D eigenvalue weighted by atomic mass is 9.95. The van der Waals surface area contributed by atoms with Gasteiger partial charge >= 0.3 is 0 Å². The molecule has 2 rings (SSSR count). The summed E-state index contributed by atoms with van der Waals surface area (Å²) in [4.78, 5) is 8.45. The van der Waals surface area contributed by atoms with E-state index in [2.05, 4.69) is 22.2 Å². The van der Waals surface area contributed by atoms with E-state index < -0.39 is 0 Å². The van der Waals surface area contributed by atoms with Crippen molar-refractivity contribution in [1.82, 2.24) is 9.97 Å². The molecule has 0 aliphatic heterocycles. The molecule has 3 nitrogen and oxygen atoms in total. The first-order valence-corrected chi connectivity index (χ1v) is 5.55. The Kier molecular flexibility index (Phi) is 3.39. The summed E-state index contributed by atoms with van der Waals surface area (Å²) in [5.74, 6) is 0.866. The van der Waals surface area contributed by atoms with Crippen molar-refractivity contribution in [3.05, 3.63) is 24.5 Å². The van der Waals surface area contributed by atoms with Crippen LogP contribution in [-0.2, 0) is 0 Å². The largest absolute Gasteiger partial charge is 0.369 e. The molecular weight excluding hydrogens is 197 g/mol. The maximum atomic E-state index is 5.76. The normalized spacial score (nSPS) is 10.6. The lowest BCUT2D eigenvalue weighted by Gasteiger charge is -2.08. The van der Waals surface area contributed by atoms with E-state index in [0.717, 1.165) is 41.6 Å². The molecule has 1 aromatic carbocycles. The van der Waals surface area contributed by atoms with E-state index in [9.17, 15) is 0 Å². The molecule has 4 heteroatoms. The van der Waals surface area contributed by atoms with Gasteiger partial charge in [0.25, 0.3) is 0 Å². The van der Waals surface area contributed by atoms with Crippen molar-refractivity contribution < 1.29 is 0 Å². The predicted molar refractivity (Wildman–Crippen MR) is 68.3 cm³/mol. The van der Waals surface area contributed by atoms with E-state index in [1.165, 1.54) is 0 Å². The molecule has 1 N–H and O–H groups in total. The van der Waals surface area contributed by atoms with Gasteiger partial charge in [-0.2, -0.15) is 0 Å². The average Bonchev–Trinajstić information content (AvgIpc) is 2.30. The molecule has 0 aliphatic carbocycles. The fourth-order valence-electron chi connectivity index (χ4n) is 1.60. The first kappa shape index (κ1) is 10.9. The van der Waals surface area contributed by atoms with E-state index >= 15 is 0 Å². The van der Waals surface area contributed by atoms with Crippen LogP contribution in [-0.4, -0.2) is 24.4 Å². The summed E-state index contributed by atoms with van der Waals surface area (Å²) in [7, 11) is 5.76. The number of hydrogen-bond acceptors (Lipinski definition) is 3. The number of benzene rings is 1. The molecule has 0 amide bonds. The second-order valence-corrected chi connectivity index (χ2v) is 3.78. The van der Waals surface area contributed by atoms with Crippen molar-refractivity contribution in [2.75, 3.05) is 11.9 Å². The minimum atomic E-state index is 0.737. The maximum absolute atomic E-state index is 5.76. The highest BCUT2D eigenvalue weighted by Gasteiger charge is 2.02. The van der Waals surface area contributed by atoms with E-state index in [0.29, 0.717) is 0 Å². The van der Waals surface area contributed by atoms with Crippen LogP contribution in [0.1, 0.15) is 19.8 Å². The highest BCUT2D eigenvalue weighted by atomic mass is 15.0. The molecule has 1 aromatic heterocycles. The number of nitrogens with one attached hydrogen (secondary N) is 1. The van der Waals surface area contributed by atoms with Crippen LogP contribution in [0.4, 0.5) is 5.82 Å². The van der Waals surface area contributed by atoms with Crippen LogP contribution in [0, 0.1) is 0 Å². The zero-order valence-corrected chi connectivity index (χ0v) is 9.40.